The maximum atomic E-state index is 13.3. The van der Waals surface area contributed by atoms with Crippen LogP contribution in [0.3, 0.4) is 0 Å². The number of aromatic carboxylic acids is 1. The number of nitrogens with one attached hydrogen (secondary N) is 2. The molecule has 292 valence electrons. The van der Waals surface area contributed by atoms with Crippen molar-refractivity contribution in [3.8, 4) is 22.5 Å². The van der Waals surface area contributed by atoms with Gasteiger partial charge < -0.3 is 24.3 Å². The molecular weight excluding hydrogens is 747 g/mol. The van der Waals surface area contributed by atoms with Gasteiger partial charge in [0.2, 0.25) is 10.0 Å². The standard InChI is InChI=1S/C44H41N3O9S/c1-24(2)43(50)54-16-17-55-44(51)30-20-27(5)41(28(6)21-30)47-32-13-15-34-37(23-32)56-36-22-31(46-40-25(3)18-29(42(48)49)19-26(40)4)12-14-33(36)39(34)35-10-8-9-11-38(35)57(52,53)45-7/h8-15,18-23,45-46H,1,16-17H2,2-7H3,(H,48,49). The summed E-state index contributed by atoms with van der Waals surface area (Å²) in [6.07, 6.45) is 0. The van der Waals surface area contributed by atoms with Crippen molar-refractivity contribution in [1.29, 1.82) is 0 Å². The summed E-state index contributed by atoms with van der Waals surface area (Å²) in [6, 6.07) is 24.3. The lowest BCUT2D eigenvalue weighted by Gasteiger charge is -2.19. The van der Waals surface area contributed by atoms with Gasteiger partial charge in [0.25, 0.3) is 0 Å². The molecule has 1 aliphatic carbocycles. The molecule has 1 heterocycles. The first kappa shape index (κ1) is 40.1. The number of rotatable bonds is 12. The van der Waals surface area contributed by atoms with Crippen LogP contribution in [0.25, 0.3) is 33.4 Å². The number of aryl methyl sites for hydroxylation is 4. The summed E-state index contributed by atoms with van der Waals surface area (Å²) in [5.41, 5.74) is 7.98. The number of benzene rings is 5. The summed E-state index contributed by atoms with van der Waals surface area (Å²) in [7, 11) is -2.51. The Kier molecular flexibility index (Phi) is 11.4. The number of carbonyl (C=O) groups excluding carboxylic acids is 2. The van der Waals surface area contributed by atoms with Gasteiger partial charge in [0.15, 0.2) is 0 Å². The van der Waals surface area contributed by atoms with Gasteiger partial charge in [-0.15, -0.1) is 0 Å². The second-order valence-corrected chi connectivity index (χ2v) is 15.5. The highest BCUT2D eigenvalue weighted by atomic mass is 32.2. The molecule has 57 heavy (non-hydrogen) atoms. The van der Waals surface area contributed by atoms with Crippen molar-refractivity contribution < 1.29 is 41.8 Å². The molecule has 4 aromatic rings. The molecular formula is C44H41N3O9S. The second kappa shape index (κ2) is 16.3. The average Bonchev–Trinajstić information content (AvgIpc) is 3.17. The van der Waals surface area contributed by atoms with Gasteiger partial charge in [0.1, 0.15) is 24.6 Å². The van der Waals surface area contributed by atoms with E-state index in [1.165, 1.54) is 14.0 Å². The highest BCUT2D eigenvalue weighted by Crippen LogP contribution is 2.43. The topological polar surface area (TPSA) is 174 Å². The number of sulfonamides is 1. The number of carbonyl (C=O) groups is 3. The first-order chi connectivity index (χ1) is 27.1. The SMILES string of the molecule is C=C(C)C(=O)OCCOC(=O)c1cc(C)c(N=c2ccc3c(-c4ccccc4S(=O)(=O)NC)c4ccc(Nc5c(C)cc(C(=O)O)cc5C)cc4oc-3c2)c(C)c1. The van der Waals surface area contributed by atoms with Gasteiger partial charge in [-0.3, -0.25) is 0 Å². The molecule has 0 fully saturated rings. The minimum absolute atomic E-state index is 0.0940. The van der Waals surface area contributed by atoms with E-state index in [1.54, 1.807) is 54.6 Å². The largest absolute Gasteiger partial charge is 0.478 e. The van der Waals surface area contributed by atoms with Crippen LogP contribution in [0, 0.1) is 27.7 Å². The van der Waals surface area contributed by atoms with Gasteiger partial charge in [-0.05, 0) is 119 Å². The first-order valence-corrected chi connectivity index (χ1v) is 19.4. The van der Waals surface area contributed by atoms with Crippen LogP contribution in [0.2, 0.25) is 0 Å². The van der Waals surface area contributed by atoms with Crippen LogP contribution in [-0.4, -0.2) is 51.7 Å². The minimum atomic E-state index is -3.87. The minimum Gasteiger partial charge on any atom is -0.478 e. The molecule has 0 atom stereocenters. The average molecular weight is 788 g/mol. The molecule has 3 N–H and O–H groups in total. The second-order valence-electron chi connectivity index (χ2n) is 13.6. The number of hydrogen-bond acceptors (Lipinski definition) is 10. The third-order valence-electron chi connectivity index (χ3n) is 9.33. The summed E-state index contributed by atoms with van der Waals surface area (Å²) in [4.78, 5) is 41.1. The van der Waals surface area contributed by atoms with Crippen LogP contribution in [0.4, 0.5) is 17.1 Å². The van der Waals surface area contributed by atoms with Crippen molar-refractivity contribution in [2.24, 2.45) is 4.99 Å². The van der Waals surface area contributed by atoms with E-state index in [0.717, 1.165) is 27.9 Å². The zero-order chi connectivity index (χ0) is 41.2. The maximum absolute atomic E-state index is 13.3. The summed E-state index contributed by atoms with van der Waals surface area (Å²) in [5, 5.41) is 14.2. The van der Waals surface area contributed by atoms with Gasteiger partial charge in [0, 0.05) is 51.2 Å². The van der Waals surface area contributed by atoms with Crippen molar-refractivity contribution in [2.75, 3.05) is 25.6 Å². The monoisotopic (exact) mass is 787 g/mol. The molecule has 12 nitrogen and oxygen atoms in total. The summed E-state index contributed by atoms with van der Waals surface area (Å²) < 4.78 is 45.9. The number of ether oxygens (including phenoxy) is 2. The van der Waals surface area contributed by atoms with Crippen LogP contribution >= 0.6 is 0 Å². The van der Waals surface area contributed by atoms with Crippen LogP contribution in [-0.2, 0) is 24.3 Å². The Balaban J connectivity index is 1.45. The number of hydrogen-bond donors (Lipinski definition) is 3. The van der Waals surface area contributed by atoms with E-state index in [9.17, 15) is 27.9 Å². The van der Waals surface area contributed by atoms with Crippen LogP contribution in [0.5, 0.6) is 0 Å². The smallest absolute Gasteiger partial charge is 0.338 e. The molecule has 0 aromatic heterocycles. The molecule has 0 unspecified atom stereocenters. The predicted octanol–water partition coefficient (Wildman–Crippen LogP) is 8.30. The fourth-order valence-electron chi connectivity index (χ4n) is 6.62. The van der Waals surface area contributed by atoms with Crippen molar-refractivity contribution in [2.45, 2.75) is 39.5 Å². The van der Waals surface area contributed by atoms with Crippen molar-refractivity contribution >= 4 is 56.0 Å². The van der Waals surface area contributed by atoms with Gasteiger partial charge in [-0.1, -0.05) is 24.8 Å². The number of nitrogens with zero attached hydrogens (tertiary/aromatic N) is 1. The van der Waals surface area contributed by atoms with E-state index >= 15 is 0 Å². The first-order valence-electron chi connectivity index (χ1n) is 17.9. The lowest BCUT2D eigenvalue weighted by atomic mass is 9.93. The molecule has 0 radical (unpaired) electrons. The molecule has 0 bridgehead atoms. The van der Waals surface area contributed by atoms with Crippen molar-refractivity contribution in [3.05, 3.63) is 136 Å². The zero-order valence-electron chi connectivity index (χ0n) is 32.3. The van der Waals surface area contributed by atoms with Crippen molar-refractivity contribution in [1.82, 2.24) is 4.72 Å². The van der Waals surface area contributed by atoms with Gasteiger partial charge in [-0.2, -0.15) is 0 Å². The van der Waals surface area contributed by atoms with E-state index in [0.29, 0.717) is 55.7 Å². The van der Waals surface area contributed by atoms with E-state index in [1.807, 2.05) is 58.0 Å². The number of fused-ring (bicyclic) bond motifs is 2. The Morgan fingerprint density at radius 2 is 1.46 bits per heavy atom. The quantitative estimate of drug-likeness (QED) is 0.0474. The third kappa shape index (κ3) is 8.49. The van der Waals surface area contributed by atoms with E-state index < -0.39 is 27.9 Å². The van der Waals surface area contributed by atoms with Gasteiger partial charge >= 0.3 is 17.9 Å². The Bertz CT molecular complexity index is 2720. The molecule has 0 saturated carbocycles. The molecule has 0 amide bonds. The number of esters is 2. The normalized spacial score (nSPS) is 11.8. The van der Waals surface area contributed by atoms with Crippen molar-refractivity contribution in [3.63, 3.8) is 0 Å². The number of anilines is 2. The summed E-state index contributed by atoms with van der Waals surface area (Å²) in [6.45, 7) is 12.2. The lowest BCUT2D eigenvalue weighted by Crippen LogP contribution is -2.19. The van der Waals surface area contributed by atoms with E-state index in [2.05, 4.69) is 16.6 Å². The van der Waals surface area contributed by atoms with Crippen LogP contribution < -0.4 is 15.4 Å². The Morgan fingerprint density at radius 1 is 0.807 bits per heavy atom. The van der Waals surface area contributed by atoms with Crippen LogP contribution in [0.1, 0.15) is 49.9 Å². The Hall–Kier alpha value is -6.57. The molecule has 0 spiro atoms. The van der Waals surface area contributed by atoms with E-state index in [-0.39, 0.29) is 29.2 Å². The fourth-order valence-corrected chi connectivity index (χ4v) is 7.55. The highest BCUT2D eigenvalue weighted by Gasteiger charge is 2.24. The van der Waals surface area contributed by atoms with E-state index in [4.69, 9.17) is 18.9 Å². The molecule has 13 heteroatoms. The third-order valence-corrected chi connectivity index (χ3v) is 10.8. The van der Waals surface area contributed by atoms with Gasteiger partial charge in [0.05, 0.1) is 27.1 Å². The highest BCUT2D eigenvalue weighted by molar-refractivity contribution is 7.89. The Labute approximate surface area is 329 Å². The zero-order valence-corrected chi connectivity index (χ0v) is 33.1. The maximum Gasteiger partial charge on any atom is 0.338 e. The summed E-state index contributed by atoms with van der Waals surface area (Å²) in [5.74, 6) is -1.70. The lowest BCUT2D eigenvalue weighted by molar-refractivity contribution is -0.140. The van der Waals surface area contributed by atoms with Crippen LogP contribution in [0.15, 0.2) is 111 Å². The molecule has 6 rings (SSSR count). The van der Waals surface area contributed by atoms with Gasteiger partial charge in [-0.25, -0.2) is 32.5 Å². The molecule has 0 saturated heterocycles. The fraction of sp³-hybridized carbons (Fsp3) is 0.182. The Morgan fingerprint density at radius 3 is 2.11 bits per heavy atom. The molecule has 2 aliphatic rings. The molecule has 1 aliphatic heterocycles. The predicted molar refractivity (Wildman–Crippen MR) is 218 cm³/mol. The number of carboxylic acids is 1. The molecule has 4 aromatic carbocycles. The summed E-state index contributed by atoms with van der Waals surface area (Å²) >= 11 is 0. The number of carboxylic acid groups (broad SMARTS) is 1.